The molecule has 0 aliphatic carbocycles. The lowest BCUT2D eigenvalue weighted by atomic mass is 10.0. The Hall–Kier alpha value is -2.28. The fraction of sp³-hybridized carbons (Fsp3) is 0.889. The predicted molar refractivity (Wildman–Crippen MR) is 188 cm³/mol. The van der Waals surface area contributed by atoms with Gasteiger partial charge in [0, 0.05) is 50.3 Å². The molecule has 1 N–H and O–H groups in total. The Morgan fingerprint density at radius 3 is 0.833 bits per heavy atom. The van der Waals surface area contributed by atoms with Crippen LogP contribution in [0.4, 0.5) is 0 Å². The molecule has 0 saturated carbocycles. The molecule has 0 amide bonds. The molecular formula is C36H68N4O8. The van der Waals surface area contributed by atoms with Crippen LogP contribution in [0.3, 0.4) is 0 Å². The van der Waals surface area contributed by atoms with Crippen LogP contribution in [-0.2, 0) is 33.4 Å². The van der Waals surface area contributed by atoms with E-state index in [1.54, 1.807) is 6.92 Å². The molecule has 12 nitrogen and oxygen atoms in total. The van der Waals surface area contributed by atoms with Crippen molar-refractivity contribution in [1.29, 1.82) is 0 Å². The highest BCUT2D eigenvalue weighted by molar-refractivity contribution is 5.77. The SMILES string of the molecule is C[C@H]1CN([C@@H](C)C(=O)OC(C)(C)C)[C@@H](C)CN([C@@H](C)C(=O)OC(C)(C)C)[C@@H](C)CN([C@@H](C)C(=O)OC(C)(C)C)[C@@H](C)CN1[C@@H](C)C(=O)O. The highest BCUT2D eigenvalue weighted by Crippen LogP contribution is 2.24. The third-order valence-electron chi connectivity index (χ3n) is 8.76. The number of aliphatic carboxylic acids is 1. The summed E-state index contributed by atoms with van der Waals surface area (Å²) in [6.07, 6.45) is 0. The second-order valence-corrected chi connectivity index (χ2v) is 16.8. The fourth-order valence-electron chi connectivity index (χ4n) is 6.23. The minimum absolute atomic E-state index is 0.261. The lowest BCUT2D eigenvalue weighted by Gasteiger charge is -2.47. The van der Waals surface area contributed by atoms with Crippen molar-refractivity contribution in [2.75, 3.05) is 26.2 Å². The summed E-state index contributed by atoms with van der Waals surface area (Å²) in [6.45, 7) is 33.0. The van der Waals surface area contributed by atoms with Crippen LogP contribution in [0.5, 0.6) is 0 Å². The van der Waals surface area contributed by atoms with Crippen molar-refractivity contribution in [3.63, 3.8) is 0 Å². The summed E-state index contributed by atoms with van der Waals surface area (Å²) in [5.74, 6) is -2.08. The van der Waals surface area contributed by atoms with Crippen molar-refractivity contribution in [3.05, 3.63) is 0 Å². The number of carbonyl (C=O) groups is 4. The van der Waals surface area contributed by atoms with E-state index in [2.05, 4.69) is 14.7 Å². The molecule has 280 valence electrons. The van der Waals surface area contributed by atoms with E-state index in [9.17, 15) is 24.3 Å². The van der Waals surface area contributed by atoms with E-state index in [-0.39, 0.29) is 42.1 Å². The summed E-state index contributed by atoms with van der Waals surface area (Å²) < 4.78 is 17.4. The molecule has 1 aliphatic rings. The third kappa shape index (κ3) is 13.6. The standard InChI is InChI=1S/C36H68N4O8/c1-22-19-38(27(6)31(43)46-34(9,10)11)24(3)21-40(29(8)33(45)48-36(15,16)17)25(4)20-39(28(7)32(44)47-35(12,13)14)23(2)18-37(22)26(5)30(41)42/h22-29H,18-21H2,1-17H3,(H,41,42)/t22-,23-,24-,25-,26-,27-,28-,29-/m0/s1. The molecule has 0 aromatic heterocycles. The van der Waals surface area contributed by atoms with Crippen molar-refractivity contribution in [3.8, 4) is 0 Å². The average molecular weight is 685 g/mol. The van der Waals surface area contributed by atoms with Crippen LogP contribution in [0.15, 0.2) is 0 Å². The normalized spacial score (nSPS) is 26.3. The van der Waals surface area contributed by atoms with Gasteiger partial charge in [0.25, 0.3) is 0 Å². The van der Waals surface area contributed by atoms with E-state index in [1.807, 2.05) is 116 Å². The van der Waals surface area contributed by atoms with Crippen LogP contribution in [0.2, 0.25) is 0 Å². The van der Waals surface area contributed by atoms with Crippen molar-refractivity contribution >= 4 is 23.9 Å². The quantitative estimate of drug-likeness (QED) is 0.287. The molecule has 0 bridgehead atoms. The molecule has 1 saturated heterocycles. The van der Waals surface area contributed by atoms with Gasteiger partial charge in [0.15, 0.2) is 0 Å². The fourth-order valence-corrected chi connectivity index (χ4v) is 6.23. The summed E-state index contributed by atoms with van der Waals surface area (Å²) in [5, 5.41) is 10.2. The molecule has 0 aromatic carbocycles. The monoisotopic (exact) mass is 685 g/mol. The molecule has 1 heterocycles. The minimum Gasteiger partial charge on any atom is -0.480 e. The second kappa shape index (κ2) is 17.1. The van der Waals surface area contributed by atoms with Crippen molar-refractivity contribution < 1.29 is 38.5 Å². The maximum Gasteiger partial charge on any atom is 0.323 e. The molecular weight excluding hydrogens is 616 g/mol. The zero-order valence-electron chi connectivity index (χ0n) is 33.0. The lowest BCUT2D eigenvalue weighted by Crippen LogP contribution is -2.63. The Balaban J connectivity index is 3.84. The van der Waals surface area contributed by atoms with Gasteiger partial charge in [-0.25, -0.2) is 0 Å². The van der Waals surface area contributed by atoms with Gasteiger partial charge in [0.05, 0.1) is 0 Å². The van der Waals surface area contributed by atoms with Gasteiger partial charge in [-0.05, 0) is 118 Å². The smallest absolute Gasteiger partial charge is 0.323 e. The molecule has 0 radical (unpaired) electrons. The first-order valence-corrected chi connectivity index (χ1v) is 17.5. The topological polar surface area (TPSA) is 129 Å². The highest BCUT2D eigenvalue weighted by Gasteiger charge is 2.41. The Morgan fingerprint density at radius 2 is 0.667 bits per heavy atom. The Bertz CT molecular complexity index is 1060. The van der Waals surface area contributed by atoms with Gasteiger partial charge in [-0.1, -0.05) is 0 Å². The highest BCUT2D eigenvalue weighted by atomic mass is 16.6. The maximum atomic E-state index is 13.5. The van der Waals surface area contributed by atoms with Gasteiger partial charge in [0.2, 0.25) is 0 Å². The number of rotatable bonds is 8. The largest absolute Gasteiger partial charge is 0.480 e. The van der Waals surface area contributed by atoms with Gasteiger partial charge in [-0.15, -0.1) is 0 Å². The van der Waals surface area contributed by atoms with Crippen LogP contribution in [0, 0.1) is 0 Å². The average Bonchev–Trinajstić information content (AvgIpc) is 2.90. The summed E-state index contributed by atoms with van der Waals surface area (Å²) in [4.78, 5) is 61.0. The summed E-state index contributed by atoms with van der Waals surface area (Å²) in [7, 11) is 0. The van der Waals surface area contributed by atoms with Crippen molar-refractivity contribution in [2.24, 2.45) is 0 Å². The number of carboxylic acids is 1. The van der Waals surface area contributed by atoms with Crippen molar-refractivity contribution in [2.45, 2.75) is 183 Å². The molecule has 8 atom stereocenters. The number of esters is 3. The number of nitrogens with zero attached hydrogens (tertiary/aromatic N) is 4. The second-order valence-electron chi connectivity index (χ2n) is 16.8. The minimum atomic E-state index is -0.960. The van der Waals surface area contributed by atoms with E-state index in [0.717, 1.165) is 0 Å². The number of ether oxygens (including phenoxy) is 3. The Kier molecular flexibility index (Phi) is 15.6. The molecule has 0 unspecified atom stereocenters. The Labute approximate surface area is 290 Å². The first-order valence-electron chi connectivity index (χ1n) is 17.5. The summed E-state index contributed by atoms with van der Waals surface area (Å²) >= 11 is 0. The number of carbonyl (C=O) groups excluding carboxylic acids is 3. The van der Waals surface area contributed by atoms with Gasteiger partial charge in [-0.2, -0.15) is 0 Å². The first-order chi connectivity index (χ1) is 21.6. The molecule has 1 rings (SSSR count). The first kappa shape index (κ1) is 43.7. The summed E-state index contributed by atoms with van der Waals surface area (Å²) in [5.41, 5.74) is -2.06. The van der Waals surface area contributed by atoms with E-state index in [1.165, 1.54) is 0 Å². The Morgan fingerprint density at radius 1 is 0.479 bits per heavy atom. The molecule has 0 spiro atoms. The van der Waals surface area contributed by atoms with Crippen LogP contribution in [-0.4, -0.2) is 140 Å². The van der Waals surface area contributed by atoms with Gasteiger partial charge < -0.3 is 19.3 Å². The molecule has 1 fully saturated rings. The number of hydrogen-bond donors (Lipinski definition) is 1. The molecule has 1 aliphatic heterocycles. The van der Waals surface area contributed by atoms with Crippen molar-refractivity contribution in [1.82, 2.24) is 19.6 Å². The lowest BCUT2D eigenvalue weighted by molar-refractivity contribution is -0.167. The van der Waals surface area contributed by atoms with Crippen LogP contribution in [0.25, 0.3) is 0 Å². The predicted octanol–water partition coefficient (Wildman–Crippen LogP) is 4.43. The van der Waals surface area contributed by atoms with E-state index in [0.29, 0.717) is 26.2 Å². The summed E-state index contributed by atoms with van der Waals surface area (Å²) in [6, 6.07) is -3.90. The molecule has 48 heavy (non-hydrogen) atoms. The number of carboxylic acid groups (broad SMARTS) is 1. The van der Waals surface area contributed by atoms with Gasteiger partial charge >= 0.3 is 23.9 Å². The van der Waals surface area contributed by atoms with E-state index in [4.69, 9.17) is 14.2 Å². The number of hydrogen-bond acceptors (Lipinski definition) is 11. The van der Waals surface area contributed by atoms with Crippen LogP contribution < -0.4 is 0 Å². The van der Waals surface area contributed by atoms with Gasteiger partial charge in [-0.3, -0.25) is 38.8 Å². The van der Waals surface area contributed by atoms with Gasteiger partial charge in [0.1, 0.15) is 41.0 Å². The maximum absolute atomic E-state index is 13.5. The third-order valence-corrected chi connectivity index (χ3v) is 8.76. The van der Waals surface area contributed by atoms with Crippen LogP contribution in [0.1, 0.15) is 118 Å². The van der Waals surface area contributed by atoms with E-state index >= 15 is 0 Å². The zero-order valence-corrected chi connectivity index (χ0v) is 33.0. The zero-order chi connectivity index (χ0) is 37.7. The molecule has 12 heteroatoms. The van der Waals surface area contributed by atoms with E-state index < -0.39 is 46.9 Å². The molecule has 0 aromatic rings. The van der Waals surface area contributed by atoms with Crippen LogP contribution >= 0.6 is 0 Å².